The molecule has 9 heteroatoms. The van der Waals surface area contributed by atoms with Crippen LogP contribution in [0.2, 0.25) is 0 Å². The first-order chi connectivity index (χ1) is 14.5. The predicted octanol–water partition coefficient (Wildman–Crippen LogP) is 2.38. The fourth-order valence-electron chi connectivity index (χ4n) is 4.46. The highest BCUT2D eigenvalue weighted by Gasteiger charge is 2.42. The lowest BCUT2D eigenvalue weighted by atomic mass is 9.85. The number of hydrogen-bond acceptors (Lipinski definition) is 6. The zero-order valence-electron chi connectivity index (χ0n) is 18.2. The molecule has 0 aliphatic carbocycles. The first-order valence-electron chi connectivity index (χ1n) is 10.6. The van der Waals surface area contributed by atoms with Crippen molar-refractivity contribution in [1.29, 1.82) is 0 Å². The Morgan fingerprint density at radius 3 is 2.71 bits per heavy atom. The fourth-order valence-corrected chi connectivity index (χ4v) is 4.46. The molecule has 3 amide bonds. The molecule has 2 saturated heterocycles. The molecule has 8 nitrogen and oxygen atoms in total. The van der Waals surface area contributed by atoms with E-state index in [1.165, 1.54) is 6.07 Å². The summed E-state index contributed by atoms with van der Waals surface area (Å²) in [5.74, 6) is -1.37. The number of nitrogens with zero attached hydrogens (tertiary/aromatic N) is 1. The number of benzene rings is 1. The minimum absolute atomic E-state index is 0.0818. The van der Waals surface area contributed by atoms with Crippen molar-refractivity contribution in [2.75, 3.05) is 18.1 Å². The molecule has 1 aromatic carbocycles. The second-order valence-electron chi connectivity index (χ2n) is 9.35. The van der Waals surface area contributed by atoms with Gasteiger partial charge in [-0.2, -0.15) is 0 Å². The fraction of sp³-hybridized carbons (Fsp3) is 0.591. The Bertz CT molecular complexity index is 942. The summed E-state index contributed by atoms with van der Waals surface area (Å²) >= 11 is 0. The van der Waals surface area contributed by atoms with Crippen LogP contribution in [0.4, 0.5) is 14.9 Å². The summed E-state index contributed by atoms with van der Waals surface area (Å²) in [6, 6.07) is 1.19. The Morgan fingerprint density at radius 2 is 2.06 bits per heavy atom. The van der Waals surface area contributed by atoms with E-state index >= 15 is 4.39 Å². The summed E-state index contributed by atoms with van der Waals surface area (Å²) in [4.78, 5) is 37.9. The lowest BCUT2D eigenvalue weighted by Gasteiger charge is -2.48. The maximum atomic E-state index is 15.3. The Morgan fingerprint density at radius 1 is 1.32 bits per heavy atom. The average Bonchev–Trinajstić information content (AvgIpc) is 3.13. The normalized spacial score (nSPS) is 25.3. The van der Waals surface area contributed by atoms with Gasteiger partial charge in [0.25, 0.3) is 0 Å². The monoisotopic (exact) mass is 433 g/mol. The third kappa shape index (κ3) is 4.05. The van der Waals surface area contributed by atoms with E-state index in [2.05, 4.69) is 10.6 Å². The van der Waals surface area contributed by atoms with Crippen molar-refractivity contribution in [1.82, 2.24) is 10.6 Å². The Hall–Kier alpha value is -2.84. The van der Waals surface area contributed by atoms with Crippen LogP contribution in [0.1, 0.15) is 57.6 Å². The predicted molar refractivity (Wildman–Crippen MR) is 111 cm³/mol. The van der Waals surface area contributed by atoms with Crippen molar-refractivity contribution < 1.29 is 28.2 Å². The standard InChI is InChI=1S/C22H28FN3O5/c1-11-15(24-21(29)31-22(2,3)4)10-26(11)16-9-14(23)18(12-7-8-30-19(12)16)13-5-6-17(27)25-20(13)28/h9,11,13,15H,5-8,10H2,1-4H3,(H,24,29)(H,25,27,28)/t11-,13?,15-/m0/s1. The molecule has 0 bridgehead atoms. The van der Waals surface area contributed by atoms with Crippen LogP contribution in [-0.2, 0) is 20.7 Å². The number of rotatable bonds is 3. The second-order valence-corrected chi connectivity index (χ2v) is 9.35. The van der Waals surface area contributed by atoms with Crippen LogP contribution >= 0.6 is 0 Å². The van der Waals surface area contributed by atoms with E-state index in [4.69, 9.17) is 9.47 Å². The zero-order valence-corrected chi connectivity index (χ0v) is 18.2. The number of fused-ring (bicyclic) bond motifs is 1. The number of amides is 3. The van der Waals surface area contributed by atoms with Gasteiger partial charge in [-0.25, -0.2) is 9.18 Å². The summed E-state index contributed by atoms with van der Waals surface area (Å²) in [6.45, 7) is 8.25. The highest BCUT2D eigenvalue weighted by Crippen LogP contribution is 2.46. The average molecular weight is 433 g/mol. The molecule has 3 heterocycles. The quantitative estimate of drug-likeness (QED) is 0.711. The van der Waals surface area contributed by atoms with Gasteiger partial charge >= 0.3 is 6.09 Å². The summed E-state index contributed by atoms with van der Waals surface area (Å²) in [5.41, 5.74) is 1.06. The number of piperidine rings is 1. The van der Waals surface area contributed by atoms with Gasteiger partial charge in [-0.3, -0.25) is 14.9 Å². The number of halogens is 1. The Kier molecular flexibility index (Phi) is 5.31. The van der Waals surface area contributed by atoms with Crippen molar-refractivity contribution in [3.63, 3.8) is 0 Å². The minimum Gasteiger partial charge on any atom is -0.491 e. The van der Waals surface area contributed by atoms with Crippen molar-refractivity contribution in [2.45, 2.75) is 70.6 Å². The Balaban J connectivity index is 1.54. The van der Waals surface area contributed by atoms with Crippen LogP contribution in [0.15, 0.2) is 6.07 Å². The number of carbonyl (C=O) groups excluding carboxylic acids is 3. The van der Waals surface area contributed by atoms with Crippen molar-refractivity contribution in [3.05, 3.63) is 23.0 Å². The molecule has 4 rings (SSSR count). The smallest absolute Gasteiger partial charge is 0.408 e. The Labute approximate surface area is 180 Å². The van der Waals surface area contributed by atoms with Gasteiger partial charge in [0.05, 0.1) is 24.3 Å². The lowest BCUT2D eigenvalue weighted by molar-refractivity contribution is -0.134. The number of anilines is 1. The number of alkyl carbamates (subject to hydrolysis) is 1. The van der Waals surface area contributed by atoms with Gasteiger partial charge in [-0.05, 0) is 34.1 Å². The van der Waals surface area contributed by atoms with E-state index in [9.17, 15) is 14.4 Å². The molecule has 2 N–H and O–H groups in total. The van der Waals surface area contributed by atoms with Crippen molar-refractivity contribution in [3.8, 4) is 5.75 Å². The third-order valence-corrected chi connectivity index (χ3v) is 6.02. The summed E-state index contributed by atoms with van der Waals surface area (Å²) in [7, 11) is 0. The molecule has 3 aliphatic heterocycles. The maximum absolute atomic E-state index is 15.3. The second kappa shape index (κ2) is 7.69. The number of imide groups is 1. The molecule has 3 aliphatic rings. The van der Waals surface area contributed by atoms with Gasteiger partial charge in [-0.15, -0.1) is 0 Å². The van der Waals surface area contributed by atoms with Crippen LogP contribution in [0.25, 0.3) is 0 Å². The summed E-state index contributed by atoms with van der Waals surface area (Å²) in [5, 5.41) is 5.16. The molecule has 3 atom stereocenters. The topological polar surface area (TPSA) is 97.0 Å². The molecule has 31 heavy (non-hydrogen) atoms. The van der Waals surface area contributed by atoms with Crippen LogP contribution in [0.5, 0.6) is 5.75 Å². The van der Waals surface area contributed by atoms with Crippen LogP contribution < -0.4 is 20.3 Å². The number of carbonyl (C=O) groups is 3. The first kappa shape index (κ1) is 21.4. The van der Waals surface area contributed by atoms with Gasteiger partial charge in [0.15, 0.2) is 0 Å². The van der Waals surface area contributed by atoms with Gasteiger partial charge < -0.3 is 19.7 Å². The molecular formula is C22H28FN3O5. The van der Waals surface area contributed by atoms with E-state index in [0.717, 1.165) is 0 Å². The first-order valence-corrected chi connectivity index (χ1v) is 10.6. The molecule has 1 aromatic rings. The van der Waals surface area contributed by atoms with Gasteiger partial charge in [0.1, 0.15) is 17.2 Å². The van der Waals surface area contributed by atoms with Crippen LogP contribution in [0, 0.1) is 5.82 Å². The van der Waals surface area contributed by atoms with Gasteiger partial charge in [0, 0.05) is 42.6 Å². The highest BCUT2D eigenvalue weighted by molar-refractivity contribution is 6.01. The molecule has 0 spiro atoms. The van der Waals surface area contributed by atoms with Crippen LogP contribution in [0.3, 0.4) is 0 Å². The van der Waals surface area contributed by atoms with E-state index in [1.54, 1.807) is 20.8 Å². The largest absolute Gasteiger partial charge is 0.491 e. The zero-order chi connectivity index (χ0) is 22.5. The van der Waals surface area contributed by atoms with E-state index in [-0.39, 0.29) is 30.8 Å². The van der Waals surface area contributed by atoms with Gasteiger partial charge in [-0.1, -0.05) is 0 Å². The van der Waals surface area contributed by atoms with Crippen LogP contribution in [-0.4, -0.2) is 48.7 Å². The number of ether oxygens (including phenoxy) is 2. The van der Waals surface area contributed by atoms with Gasteiger partial charge in [0.2, 0.25) is 11.8 Å². The molecule has 0 aromatic heterocycles. The molecule has 0 radical (unpaired) electrons. The number of hydrogen-bond donors (Lipinski definition) is 2. The van der Waals surface area contributed by atoms with Crippen molar-refractivity contribution in [2.24, 2.45) is 0 Å². The van der Waals surface area contributed by atoms with E-state index in [0.29, 0.717) is 42.1 Å². The van der Waals surface area contributed by atoms with Crippen molar-refractivity contribution >= 4 is 23.6 Å². The maximum Gasteiger partial charge on any atom is 0.408 e. The summed E-state index contributed by atoms with van der Waals surface area (Å²) < 4.78 is 26.4. The summed E-state index contributed by atoms with van der Waals surface area (Å²) in [6.07, 6.45) is 0.503. The highest BCUT2D eigenvalue weighted by atomic mass is 19.1. The lowest BCUT2D eigenvalue weighted by Crippen LogP contribution is -2.66. The molecule has 2 fully saturated rings. The molecular weight excluding hydrogens is 405 g/mol. The van der Waals surface area contributed by atoms with E-state index in [1.807, 2.05) is 11.8 Å². The molecule has 168 valence electrons. The minimum atomic E-state index is -0.697. The third-order valence-electron chi connectivity index (χ3n) is 6.02. The SMILES string of the molecule is C[C@H]1[C@@H](NC(=O)OC(C)(C)C)CN1c1cc(F)c(C2CCC(=O)NC2=O)c2c1OCC2. The number of nitrogens with one attached hydrogen (secondary N) is 2. The molecule has 1 unspecified atom stereocenters. The molecule has 0 saturated carbocycles. The van der Waals surface area contributed by atoms with E-state index < -0.39 is 29.3 Å².